The van der Waals surface area contributed by atoms with Crippen molar-refractivity contribution in [2.75, 3.05) is 31.1 Å². The van der Waals surface area contributed by atoms with Crippen LogP contribution in [0.5, 0.6) is 0 Å². The molecule has 2 N–H and O–H groups in total. The summed E-state index contributed by atoms with van der Waals surface area (Å²) in [6.07, 6.45) is -8.30. The highest BCUT2D eigenvalue weighted by molar-refractivity contribution is 5.80. The first-order chi connectivity index (χ1) is 12.5. The molecule has 1 amide bonds. The Morgan fingerprint density at radius 2 is 1.63 bits per heavy atom. The lowest BCUT2D eigenvalue weighted by atomic mass is 9.80. The number of piperazine rings is 1. The van der Waals surface area contributed by atoms with Crippen LogP contribution in [0.3, 0.4) is 0 Å². The molecule has 11 heteroatoms. The Labute approximate surface area is 151 Å². The van der Waals surface area contributed by atoms with Gasteiger partial charge in [0.15, 0.2) is 0 Å². The molecule has 3 rings (SSSR count). The summed E-state index contributed by atoms with van der Waals surface area (Å²) in [5, 5.41) is 0. The molecule has 1 aliphatic carbocycles. The van der Waals surface area contributed by atoms with Crippen LogP contribution in [0.2, 0.25) is 0 Å². The number of hydrogen-bond acceptors (Lipinski definition) is 4. The molecule has 5 nitrogen and oxygen atoms in total. The number of nitrogens with zero attached hydrogens (tertiary/aromatic N) is 3. The van der Waals surface area contributed by atoms with Gasteiger partial charge in [-0.05, 0) is 18.9 Å². The average Bonchev–Trinajstić information content (AvgIpc) is 2.56. The smallest absolute Gasteiger partial charge is 0.353 e. The molecule has 1 aromatic heterocycles. The van der Waals surface area contributed by atoms with Gasteiger partial charge in [0.2, 0.25) is 5.91 Å². The summed E-state index contributed by atoms with van der Waals surface area (Å²) < 4.78 is 78.0. The molecule has 0 radical (unpaired) electrons. The first-order valence-corrected chi connectivity index (χ1v) is 8.40. The standard InChI is InChI=1S/C16H18F6N4O/c17-15(18,19)10-7-12(16(20,21)22)13(24-8-10)25-1-3-26(4-2-25)14(27)9-5-11(23)6-9/h7-9,11H,1-6,23H2. The van der Waals surface area contributed by atoms with Gasteiger partial charge in [-0.2, -0.15) is 26.3 Å². The van der Waals surface area contributed by atoms with E-state index in [0.717, 1.165) is 0 Å². The van der Waals surface area contributed by atoms with Crippen LogP contribution in [0, 0.1) is 5.92 Å². The first kappa shape index (κ1) is 19.7. The second kappa shape index (κ2) is 6.84. The minimum Gasteiger partial charge on any atom is -0.353 e. The van der Waals surface area contributed by atoms with Gasteiger partial charge in [0, 0.05) is 44.3 Å². The molecule has 27 heavy (non-hydrogen) atoms. The highest BCUT2D eigenvalue weighted by atomic mass is 19.4. The molecule has 0 spiro atoms. The molecule has 1 saturated heterocycles. The molecule has 0 atom stereocenters. The molecule has 1 aliphatic heterocycles. The summed E-state index contributed by atoms with van der Waals surface area (Å²) in [6, 6.07) is 0.0845. The van der Waals surface area contributed by atoms with Crippen LogP contribution < -0.4 is 10.6 Å². The van der Waals surface area contributed by atoms with E-state index < -0.39 is 29.3 Å². The Morgan fingerprint density at radius 3 is 2.11 bits per heavy atom. The predicted octanol–water partition coefficient (Wildman–Crippen LogP) is 2.51. The fourth-order valence-corrected chi connectivity index (χ4v) is 3.33. The molecule has 2 aliphatic rings. The molecule has 2 heterocycles. The van der Waals surface area contributed by atoms with Crippen LogP contribution in [0.25, 0.3) is 0 Å². The van der Waals surface area contributed by atoms with Gasteiger partial charge in [-0.3, -0.25) is 4.79 Å². The van der Waals surface area contributed by atoms with Gasteiger partial charge in [0.1, 0.15) is 5.82 Å². The number of pyridine rings is 1. The Kier molecular flexibility index (Phi) is 5.00. The van der Waals surface area contributed by atoms with E-state index in [1.54, 1.807) is 4.90 Å². The number of alkyl halides is 6. The molecular formula is C16H18F6N4O. The van der Waals surface area contributed by atoms with Crippen molar-refractivity contribution in [1.82, 2.24) is 9.88 Å². The molecular weight excluding hydrogens is 378 g/mol. The minimum absolute atomic E-state index is 0.00549. The van der Waals surface area contributed by atoms with E-state index in [9.17, 15) is 31.1 Å². The SMILES string of the molecule is NC1CC(C(=O)N2CCN(c3ncc(C(F)(F)F)cc3C(F)(F)F)CC2)C1. The summed E-state index contributed by atoms with van der Waals surface area (Å²) in [5.74, 6) is -0.775. The molecule has 1 aromatic rings. The van der Waals surface area contributed by atoms with E-state index in [2.05, 4.69) is 4.98 Å². The van der Waals surface area contributed by atoms with Crippen LogP contribution in [0.1, 0.15) is 24.0 Å². The van der Waals surface area contributed by atoms with E-state index in [4.69, 9.17) is 5.73 Å². The normalized spacial score (nSPS) is 24.0. The Morgan fingerprint density at radius 1 is 1.04 bits per heavy atom. The van der Waals surface area contributed by atoms with Crippen LogP contribution in [0.4, 0.5) is 32.2 Å². The Hall–Kier alpha value is -2.04. The topological polar surface area (TPSA) is 62.5 Å². The van der Waals surface area contributed by atoms with Crippen molar-refractivity contribution in [3.05, 3.63) is 23.4 Å². The lowest BCUT2D eigenvalue weighted by Crippen LogP contribution is -2.54. The van der Waals surface area contributed by atoms with Crippen molar-refractivity contribution in [3.8, 4) is 0 Å². The number of nitrogens with two attached hydrogens (primary N) is 1. The van der Waals surface area contributed by atoms with Gasteiger partial charge in [-0.25, -0.2) is 4.98 Å². The lowest BCUT2D eigenvalue weighted by molar-refractivity contribution is -0.143. The van der Waals surface area contributed by atoms with Crippen LogP contribution in [-0.4, -0.2) is 48.0 Å². The number of anilines is 1. The van der Waals surface area contributed by atoms with Gasteiger partial charge in [-0.15, -0.1) is 0 Å². The first-order valence-electron chi connectivity index (χ1n) is 8.40. The third kappa shape index (κ3) is 4.12. The van der Waals surface area contributed by atoms with E-state index >= 15 is 0 Å². The quantitative estimate of drug-likeness (QED) is 0.781. The number of amides is 1. The Bertz CT molecular complexity index is 706. The minimum atomic E-state index is -4.97. The summed E-state index contributed by atoms with van der Waals surface area (Å²) in [7, 11) is 0. The lowest BCUT2D eigenvalue weighted by Gasteiger charge is -2.40. The summed E-state index contributed by atoms with van der Waals surface area (Å²) in [4.78, 5) is 18.5. The van der Waals surface area contributed by atoms with Crippen LogP contribution >= 0.6 is 0 Å². The number of aromatic nitrogens is 1. The zero-order chi connectivity index (χ0) is 20.0. The van der Waals surface area contributed by atoms with E-state index in [-0.39, 0.29) is 50.1 Å². The Balaban J connectivity index is 1.74. The number of hydrogen-bond donors (Lipinski definition) is 1. The van der Waals surface area contributed by atoms with Crippen molar-refractivity contribution in [3.63, 3.8) is 0 Å². The summed E-state index contributed by atoms with van der Waals surface area (Å²) in [5.41, 5.74) is 2.78. The molecule has 150 valence electrons. The van der Waals surface area contributed by atoms with E-state index in [1.165, 1.54) is 4.90 Å². The van der Waals surface area contributed by atoms with Crippen molar-refractivity contribution in [1.29, 1.82) is 0 Å². The predicted molar refractivity (Wildman–Crippen MR) is 83.7 cm³/mol. The number of halogens is 6. The fourth-order valence-electron chi connectivity index (χ4n) is 3.33. The third-order valence-corrected chi connectivity index (χ3v) is 4.91. The maximum absolute atomic E-state index is 13.3. The molecule has 0 unspecified atom stereocenters. The van der Waals surface area contributed by atoms with Crippen LogP contribution in [0.15, 0.2) is 12.3 Å². The van der Waals surface area contributed by atoms with Gasteiger partial charge in [-0.1, -0.05) is 0 Å². The summed E-state index contributed by atoms with van der Waals surface area (Å²) >= 11 is 0. The van der Waals surface area contributed by atoms with E-state index in [0.29, 0.717) is 19.0 Å². The van der Waals surface area contributed by atoms with Gasteiger partial charge >= 0.3 is 12.4 Å². The van der Waals surface area contributed by atoms with Crippen molar-refractivity contribution in [2.45, 2.75) is 31.2 Å². The van der Waals surface area contributed by atoms with Gasteiger partial charge in [0.05, 0.1) is 11.1 Å². The summed E-state index contributed by atoms with van der Waals surface area (Å²) in [6.45, 7) is 0.493. The maximum atomic E-state index is 13.3. The van der Waals surface area contributed by atoms with Gasteiger partial charge in [0.25, 0.3) is 0 Å². The van der Waals surface area contributed by atoms with Gasteiger partial charge < -0.3 is 15.5 Å². The fraction of sp³-hybridized carbons (Fsp3) is 0.625. The highest BCUT2D eigenvalue weighted by Crippen LogP contribution is 2.39. The number of carbonyl (C=O) groups excluding carboxylic acids is 1. The van der Waals surface area contributed by atoms with Crippen molar-refractivity contribution >= 4 is 11.7 Å². The molecule has 0 aromatic carbocycles. The second-order valence-electron chi connectivity index (χ2n) is 6.83. The van der Waals surface area contributed by atoms with Crippen molar-refractivity contribution < 1.29 is 31.1 Å². The zero-order valence-electron chi connectivity index (χ0n) is 14.1. The largest absolute Gasteiger partial charge is 0.419 e. The molecule has 2 fully saturated rings. The molecule has 1 saturated carbocycles. The zero-order valence-corrected chi connectivity index (χ0v) is 14.1. The monoisotopic (exact) mass is 396 g/mol. The highest BCUT2D eigenvalue weighted by Gasteiger charge is 2.41. The van der Waals surface area contributed by atoms with Crippen molar-refractivity contribution in [2.24, 2.45) is 11.7 Å². The third-order valence-electron chi connectivity index (χ3n) is 4.91. The van der Waals surface area contributed by atoms with Crippen LogP contribution in [-0.2, 0) is 17.1 Å². The number of carbonyl (C=O) groups is 1. The second-order valence-corrected chi connectivity index (χ2v) is 6.83. The van der Waals surface area contributed by atoms with E-state index in [1.807, 2.05) is 0 Å². The molecule has 0 bridgehead atoms. The number of rotatable bonds is 2. The maximum Gasteiger partial charge on any atom is 0.419 e. The average molecular weight is 396 g/mol.